The zero-order chi connectivity index (χ0) is 28.0. The number of rotatable bonds is 9. The van der Waals surface area contributed by atoms with Crippen LogP contribution >= 0.6 is 11.8 Å². The number of amides is 3. The summed E-state index contributed by atoms with van der Waals surface area (Å²) >= 11 is 1.65. The largest absolute Gasteiger partial charge is 0.394 e. The molecule has 0 saturated carbocycles. The van der Waals surface area contributed by atoms with Crippen molar-refractivity contribution >= 4 is 35.2 Å². The molecule has 0 aliphatic carbocycles. The summed E-state index contributed by atoms with van der Waals surface area (Å²) in [6.07, 6.45) is 4.16. The van der Waals surface area contributed by atoms with Crippen LogP contribution in [0.15, 0.2) is 55.6 Å². The van der Waals surface area contributed by atoms with Crippen LogP contribution < -0.4 is 4.90 Å². The van der Waals surface area contributed by atoms with Gasteiger partial charge in [-0.3, -0.25) is 14.4 Å². The molecule has 7 nitrogen and oxygen atoms in total. The smallest absolute Gasteiger partial charge is 0.247 e. The molecule has 1 spiro atoms. The van der Waals surface area contributed by atoms with E-state index in [1.165, 1.54) is 0 Å². The summed E-state index contributed by atoms with van der Waals surface area (Å²) in [7, 11) is 0. The second-order valence-electron chi connectivity index (χ2n) is 11.8. The summed E-state index contributed by atoms with van der Waals surface area (Å²) in [6.45, 7) is 17.9. The summed E-state index contributed by atoms with van der Waals surface area (Å²) in [4.78, 5) is 48.1. The highest BCUT2D eigenvalue weighted by atomic mass is 32.2. The van der Waals surface area contributed by atoms with Gasteiger partial charge in [-0.05, 0) is 52.2 Å². The maximum absolute atomic E-state index is 14.4. The third kappa shape index (κ3) is 4.30. The number of carbonyl (C=O) groups is 3. The lowest BCUT2D eigenvalue weighted by Crippen LogP contribution is -2.61. The van der Waals surface area contributed by atoms with Crippen LogP contribution in [-0.4, -0.2) is 79.9 Å². The lowest BCUT2D eigenvalue weighted by Gasteiger charge is -2.45. The second kappa shape index (κ2) is 10.5. The topological polar surface area (TPSA) is 81.2 Å². The van der Waals surface area contributed by atoms with E-state index in [0.717, 1.165) is 12.1 Å². The van der Waals surface area contributed by atoms with Gasteiger partial charge in [0.15, 0.2) is 0 Å². The molecule has 8 heteroatoms. The molecular formula is C30H41N3O4S. The van der Waals surface area contributed by atoms with Crippen LogP contribution in [0.25, 0.3) is 0 Å². The van der Waals surface area contributed by atoms with E-state index in [9.17, 15) is 19.5 Å². The Morgan fingerprint density at radius 1 is 1.18 bits per heavy atom. The molecule has 3 saturated heterocycles. The predicted molar refractivity (Wildman–Crippen MR) is 153 cm³/mol. The number of likely N-dealkylation sites (tertiary alicyclic amines) is 1. The van der Waals surface area contributed by atoms with Crippen molar-refractivity contribution in [2.45, 2.75) is 68.7 Å². The first-order valence-electron chi connectivity index (χ1n) is 13.5. The number of benzene rings is 1. The van der Waals surface area contributed by atoms with Gasteiger partial charge in [-0.2, -0.15) is 0 Å². The van der Waals surface area contributed by atoms with Gasteiger partial charge in [-0.15, -0.1) is 24.9 Å². The Bertz CT molecular complexity index is 1100. The molecule has 0 radical (unpaired) electrons. The highest BCUT2D eigenvalue weighted by molar-refractivity contribution is 8.02. The van der Waals surface area contributed by atoms with Crippen molar-refractivity contribution < 1.29 is 19.5 Å². The van der Waals surface area contributed by atoms with E-state index < -0.39 is 34.2 Å². The van der Waals surface area contributed by atoms with Crippen molar-refractivity contribution in [1.82, 2.24) is 9.80 Å². The minimum absolute atomic E-state index is 0.0514. The number of fused-ring (bicyclic) bond motifs is 1. The third-order valence-corrected chi connectivity index (χ3v) is 10.6. The summed E-state index contributed by atoms with van der Waals surface area (Å²) in [5, 5.41) is 10.1. The number of thioether (sulfide) groups is 1. The maximum Gasteiger partial charge on any atom is 0.247 e. The van der Waals surface area contributed by atoms with Gasteiger partial charge < -0.3 is 19.8 Å². The first kappa shape index (κ1) is 28.4. The molecule has 7 atom stereocenters. The summed E-state index contributed by atoms with van der Waals surface area (Å²) in [6, 6.07) is 8.13. The third-order valence-electron chi connectivity index (χ3n) is 8.47. The minimum atomic E-state index is -0.770. The van der Waals surface area contributed by atoms with Crippen molar-refractivity contribution in [2.75, 3.05) is 24.6 Å². The van der Waals surface area contributed by atoms with E-state index in [1.807, 2.05) is 51.1 Å². The van der Waals surface area contributed by atoms with Crippen molar-refractivity contribution in [1.29, 1.82) is 0 Å². The van der Waals surface area contributed by atoms with E-state index in [-0.39, 0.29) is 35.5 Å². The zero-order valence-electron chi connectivity index (χ0n) is 23.2. The predicted octanol–water partition coefficient (Wildman–Crippen LogP) is 3.74. The molecule has 4 rings (SSSR count). The number of aliphatic hydroxyl groups excluding tert-OH is 1. The number of aliphatic hydroxyl groups is 1. The highest BCUT2D eigenvalue weighted by Crippen LogP contribution is 2.69. The average molecular weight is 540 g/mol. The number of nitrogens with zero attached hydrogens (tertiary/aromatic N) is 3. The second-order valence-corrected chi connectivity index (χ2v) is 13.4. The van der Waals surface area contributed by atoms with Gasteiger partial charge in [-0.25, -0.2) is 0 Å². The molecule has 3 aliphatic heterocycles. The van der Waals surface area contributed by atoms with Crippen LogP contribution in [0.5, 0.6) is 0 Å². The molecular weight excluding hydrogens is 498 g/mol. The fraction of sp³-hybridized carbons (Fsp3) is 0.567. The van der Waals surface area contributed by atoms with Crippen LogP contribution in [0.3, 0.4) is 0 Å². The Morgan fingerprint density at radius 3 is 2.37 bits per heavy atom. The first-order valence-corrected chi connectivity index (χ1v) is 14.3. The molecule has 3 amide bonds. The number of para-hydroxylation sites is 1. The first-order chi connectivity index (χ1) is 17.9. The molecule has 2 bridgehead atoms. The van der Waals surface area contributed by atoms with E-state index in [4.69, 9.17) is 0 Å². The minimum Gasteiger partial charge on any atom is -0.394 e. The van der Waals surface area contributed by atoms with Gasteiger partial charge in [0, 0.05) is 29.6 Å². The van der Waals surface area contributed by atoms with Crippen molar-refractivity contribution in [3.63, 3.8) is 0 Å². The van der Waals surface area contributed by atoms with E-state index in [2.05, 4.69) is 20.1 Å². The molecule has 1 N–H and O–H groups in total. The van der Waals surface area contributed by atoms with Gasteiger partial charge >= 0.3 is 0 Å². The Morgan fingerprint density at radius 2 is 1.82 bits per heavy atom. The maximum atomic E-state index is 14.4. The SMILES string of the molecule is C=CCN(C(=O)[C@@H]1[C@@H]2CC(C)C3(S2)C(C(=O)N(CC=C)C(C)(C)C)N([C@H](C)CO)C(=O)[C@H]13)c1ccccc1. The molecule has 206 valence electrons. The molecule has 38 heavy (non-hydrogen) atoms. The van der Waals surface area contributed by atoms with Gasteiger partial charge in [-0.1, -0.05) is 37.3 Å². The molecule has 3 aliphatic rings. The molecule has 1 aromatic rings. The summed E-state index contributed by atoms with van der Waals surface area (Å²) in [5.74, 6) is -1.60. The van der Waals surface area contributed by atoms with E-state index in [0.29, 0.717) is 13.1 Å². The van der Waals surface area contributed by atoms with Crippen molar-refractivity contribution in [3.05, 3.63) is 55.6 Å². The van der Waals surface area contributed by atoms with E-state index >= 15 is 0 Å². The normalized spacial score (nSPS) is 30.6. The standard InChI is InChI=1S/C30H41N3O4S/c1-8-15-31(21-13-11-10-12-14-21)26(35)23-22-17-19(3)30(38-22)24(23)27(36)33(20(4)18-34)25(30)28(37)32(16-9-2)29(5,6)7/h8-14,19-20,22-25,34H,1-2,15-18H2,3-7H3/t19?,20-,22+,23-,24+,25?,30?/m1/s1. The zero-order valence-corrected chi connectivity index (χ0v) is 24.0. The average Bonchev–Trinajstić information content (AvgIpc) is 3.48. The Kier molecular flexibility index (Phi) is 7.88. The van der Waals surface area contributed by atoms with Crippen molar-refractivity contribution in [2.24, 2.45) is 17.8 Å². The van der Waals surface area contributed by atoms with Crippen LogP contribution in [-0.2, 0) is 14.4 Å². The van der Waals surface area contributed by atoms with Crippen LogP contribution in [0, 0.1) is 17.8 Å². The van der Waals surface area contributed by atoms with Crippen LogP contribution in [0.1, 0.15) is 41.0 Å². The quantitative estimate of drug-likeness (QED) is 0.484. The fourth-order valence-electron chi connectivity index (χ4n) is 6.79. The highest BCUT2D eigenvalue weighted by Gasteiger charge is 2.77. The van der Waals surface area contributed by atoms with Crippen molar-refractivity contribution in [3.8, 4) is 0 Å². The molecule has 3 heterocycles. The molecule has 3 unspecified atom stereocenters. The Balaban J connectivity index is 1.83. The van der Waals surface area contributed by atoms with Gasteiger partial charge in [0.2, 0.25) is 17.7 Å². The number of anilines is 1. The number of carbonyl (C=O) groups excluding carboxylic acids is 3. The van der Waals surface area contributed by atoms with Crippen LogP contribution in [0.2, 0.25) is 0 Å². The molecule has 1 aromatic carbocycles. The summed E-state index contributed by atoms with van der Waals surface area (Å²) in [5.41, 5.74) is 0.265. The number of hydrogen-bond acceptors (Lipinski definition) is 5. The van der Waals surface area contributed by atoms with Gasteiger partial charge in [0.1, 0.15) is 6.04 Å². The van der Waals surface area contributed by atoms with Crippen LogP contribution in [0.4, 0.5) is 5.69 Å². The lowest BCUT2D eigenvalue weighted by molar-refractivity contribution is -0.147. The number of hydrogen-bond donors (Lipinski definition) is 1. The van der Waals surface area contributed by atoms with Gasteiger partial charge in [0.05, 0.1) is 29.2 Å². The molecule has 0 aromatic heterocycles. The fourth-order valence-corrected chi connectivity index (χ4v) is 9.19. The Labute approximate surface area is 230 Å². The van der Waals surface area contributed by atoms with Gasteiger partial charge in [0.25, 0.3) is 0 Å². The molecule has 3 fully saturated rings. The monoisotopic (exact) mass is 539 g/mol. The van der Waals surface area contributed by atoms with E-state index in [1.54, 1.807) is 45.5 Å². The summed E-state index contributed by atoms with van der Waals surface area (Å²) < 4.78 is -0.746. The Hall–Kier alpha value is -2.58. The lowest BCUT2D eigenvalue weighted by atomic mass is 9.65.